The number of carbonyl (C=O) groups is 2. The van der Waals surface area contributed by atoms with Gasteiger partial charge in [0, 0.05) is 28.9 Å². The fourth-order valence-corrected chi connectivity index (χ4v) is 4.15. The summed E-state index contributed by atoms with van der Waals surface area (Å²) in [4.78, 5) is 28.7. The van der Waals surface area contributed by atoms with Gasteiger partial charge in [0.05, 0.1) is 0 Å². The van der Waals surface area contributed by atoms with Crippen molar-refractivity contribution in [3.8, 4) is 0 Å². The van der Waals surface area contributed by atoms with Crippen molar-refractivity contribution in [3.63, 3.8) is 0 Å². The van der Waals surface area contributed by atoms with Gasteiger partial charge in [-0.15, -0.1) is 11.8 Å². The highest BCUT2D eigenvalue weighted by atomic mass is 35.5. The number of rotatable bonds is 11. The van der Waals surface area contributed by atoms with E-state index in [1.54, 1.807) is 16.7 Å². The molecule has 0 heterocycles. The van der Waals surface area contributed by atoms with Gasteiger partial charge in [-0.3, -0.25) is 9.59 Å². The molecule has 4 nitrogen and oxygen atoms in total. The number of hydrogen-bond acceptors (Lipinski definition) is 3. The first kappa shape index (κ1) is 24.3. The second kappa shape index (κ2) is 12.7. The molecule has 0 saturated carbocycles. The first-order chi connectivity index (χ1) is 14.4. The average molecular weight is 447 g/mol. The predicted molar refractivity (Wildman–Crippen MR) is 126 cm³/mol. The van der Waals surface area contributed by atoms with Gasteiger partial charge in [0.15, 0.2) is 0 Å². The van der Waals surface area contributed by atoms with Crippen LogP contribution in [-0.4, -0.2) is 34.6 Å². The Hall–Kier alpha value is -1.98. The van der Waals surface area contributed by atoms with Crippen molar-refractivity contribution in [1.29, 1.82) is 0 Å². The van der Waals surface area contributed by atoms with Gasteiger partial charge in [-0.2, -0.15) is 0 Å². The number of carbonyl (C=O) groups excluding carboxylic acids is 2. The number of amides is 2. The molecule has 6 heteroatoms. The molecular weight excluding hydrogens is 416 g/mol. The Bertz CT molecular complexity index is 797. The van der Waals surface area contributed by atoms with Crippen LogP contribution >= 0.6 is 23.4 Å². The predicted octanol–water partition coefficient (Wildman–Crippen LogP) is 5.54. The van der Waals surface area contributed by atoms with Crippen LogP contribution in [0.25, 0.3) is 0 Å². The molecule has 30 heavy (non-hydrogen) atoms. The van der Waals surface area contributed by atoms with Crippen molar-refractivity contribution >= 4 is 35.2 Å². The maximum atomic E-state index is 13.1. The largest absolute Gasteiger partial charge is 0.352 e. The van der Waals surface area contributed by atoms with Crippen molar-refractivity contribution in [2.45, 2.75) is 63.6 Å². The molecule has 0 radical (unpaired) electrons. The van der Waals surface area contributed by atoms with Gasteiger partial charge in [0.1, 0.15) is 6.04 Å². The Balaban J connectivity index is 2.01. The van der Waals surface area contributed by atoms with Crippen molar-refractivity contribution in [2.75, 3.05) is 5.75 Å². The molecule has 2 amide bonds. The smallest absolute Gasteiger partial charge is 0.243 e. The van der Waals surface area contributed by atoms with Crippen LogP contribution in [0.5, 0.6) is 0 Å². The van der Waals surface area contributed by atoms with Crippen LogP contribution in [0, 0.1) is 0 Å². The molecule has 0 aliphatic heterocycles. The molecule has 0 aliphatic rings. The normalized spacial score (nSPS) is 11.9. The van der Waals surface area contributed by atoms with Gasteiger partial charge < -0.3 is 10.2 Å². The van der Waals surface area contributed by atoms with Crippen LogP contribution in [0.2, 0.25) is 5.02 Å². The van der Waals surface area contributed by atoms with Crippen LogP contribution in [-0.2, 0) is 16.1 Å². The summed E-state index contributed by atoms with van der Waals surface area (Å²) in [6.07, 6.45) is 1.75. The van der Waals surface area contributed by atoms with Gasteiger partial charge in [0.2, 0.25) is 11.8 Å². The molecule has 2 rings (SSSR count). The summed E-state index contributed by atoms with van der Waals surface area (Å²) in [7, 11) is 0. The summed E-state index contributed by atoms with van der Waals surface area (Å²) in [5.41, 5.74) is 1.03. The Morgan fingerprint density at radius 2 is 1.73 bits per heavy atom. The Labute approximate surface area is 189 Å². The molecule has 0 aliphatic carbocycles. The molecular formula is C24H31ClN2O2S. The second-order valence-electron chi connectivity index (χ2n) is 7.50. The highest BCUT2D eigenvalue weighted by Crippen LogP contribution is 2.22. The fraction of sp³-hybridized carbons (Fsp3) is 0.417. The Kier molecular flexibility index (Phi) is 10.2. The van der Waals surface area contributed by atoms with Crippen LogP contribution in [0.4, 0.5) is 0 Å². The van der Waals surface area contributed by atoms with Crippen molar-refractivity contribution in [1.82, 2.24) is 10.2 Å². The van der Waals surface area contributed by atoms with Gasteiger partial charge in [-0.1, -0.05) is 48.9 Å². The molecule has 0 saturated heterocycles. The fourth-order valence-electron chi connectivity index (χ4n) is 3.17. The Morgan fingerprint density at radius 1 is 1.07 bits per heavy atom. The maximum absolute atomic E-state index is 13.1. The number of nitrogens with one attached hydrogen (secondary N) is 1. The number of hydrogen-bond donors (Lipinski definition) is 1. The molecule has 0 bridgehead atoms. The lowest BCUT2D eigenvalue weighted by molar-refractivity contribution is -0.141. The van der Waals surface area contributed by atoms with Crippen molar-refractivity contribution in [2.24, 2.45) is 0 Å². The zero-order valence-electron chi connectivity index (χ0n) is 17.9. The van der Waals surface area contributed by atoms with E-state index in [0.717, 1.165) is 27.7 Å². The van der Waals surface area contributed by atoms with E-state index in [2.05, 4.69) is 5.32 Å². The summed E-state index contributed by atoms with van der Waals surface area (Å²) < 4.78 is 0. The minimum Gasteiger partial charge on any atom is -0.352 e. The van der Waals surface area contributed by atoms with E-state index in [0.29, 0.717) is 19.4 Å². The standard InChI is InChI=1S/C24H31ClN2O2S/c1-4-22(24(29)26-18(2)3)27(17-19-9-6-5-7-10-19)23(28)11-8-16-30-21-14-12-20(25)13-15-21/h5-7,9-10,12-15,18,22H,4,8,11,16-17H2,1-3H3,(H,26,29)/t22-/m1/s1. The summed E-state index contributed by atoms with van der Waals surface area (Å²) in [6.45, 7) is 6.25. The zero-order valence-corrected chi connectivity index (χ0v) is 19.5. The van der Waals surface area contributed by atoms with Gasteiger partial charge in [-0.25, -0.2) is 0 Å². The molecule has 0 unspecified atom stereocenters. The molecule has 0 fully saturated rings. The third-order valence-corrected chi connectivity index (χ3v) is 5.98. The van der Waals surface area contributed by atoms with E-state index in [1.165, 1.54) is 0 Å². The molecule has 1 N–H and O–H groups in total. The van der Waals surface area contributed by atoms with Gasteiger partial charge in [-0.05, 0) is 62.3 Å². The quantitative estimate of drug-likeness (QED) is 0.364. The Morgan fingerprint density at radius 3 is 2.33 bits per heavy atom. The molecule has 1 atom stereocenters. The molecule has 0 spiro atoms. The number of thioether (sulfide) groups is 1. The lowest BCUT2D eigenvalue weighted by atomic mass is 10.1. The number of nitrogens with zero attached hydrogens (tertiary/aromatic N) is 1. The SMILES string of the molecule is CC[C@H](C(=O)NC(C)C)N(Cc1ccccc1)C(=O)CCCSc1ccc(Cl)cc1. The lowest BCUT2D eigenvalue weighted by Gasteiger charge is -2.31. The van der Waals surface area contributed by atoms with E-state index in [9.17, 15) is 9.59 Å². The van der Waals surface area contributed by atoms with Crippen LogP contribution < -0.4 is 5.32 Å². The maximum Gasteiger partial charge on any atom is 0.243 e. The third-order valence-electron chi connectivity index (χ3n) is 4.63. The summed E-state index contributed by atoms with van der Waals surface area (Å²) >= 11 is 7.63. The van der Waals surface area contributed by atoms with Gasteiger partial charge >= 0.3 is 0 Å². The minimum atomic E-state index is -0.468. The number of benzene rings is 2. The van der Waals surface area contributed by atoms with E-state index >= 15 is 0 Å². The topological polar surface area (TPSA) is 49.4 Å². The van der Waals surface area contributed by atoms with Crippen molar-refractivity contribution < 1.29 is 9.59 Å². The monoisotopic (exact) mass is 446 g/mol. The average Bonchev–Trinajstić information content (AvgIpc) is 2.72. The highest BCUT2D eigenvalue weighted by Gasteiger charge is 2.28. The summed E-state index contributed by atoms with van der Waals surface area (Å²) in [6, 6.07) is 17.1. The zero-order chi connectivity index (χ0) is 21.9. The van der Waals surface area contributed by atoms with Crippen molar-refractivity contribution in [3.05, 3.63) is 65.2 Å². The summed E-state index contributed by atoms with van der Waals surface area (Å²) in [5.74, 6) is 0.760. The molecule has 0 aromatic heterocycles. The van der Waals surface area contributed by atoms with E-state index in [1.807, 2.05) is 75.4 Å². The summed E-state index contributed by atoms with van der Waals surface area (Å²) in [5, 5.41) is 3.68. The third kappa shape index (κ3) is 8.04. The van der Waals surface area contributed by atoms with Crippen LogP contribution in [0.15, 0.2) is 59.5 Å². The molecule has 162 valence electrons. The van der Waals surface area contributed by atoms with Gasteiger partial charge in [0.25, 0.3) is 0 Å². The van der Waals surface area contributed by atoms with Crippen LogP contribution in [0.3, 0.4) is 0 Å². The molecule has 2 aromatic carbocycles. The lowest BCUT2D eigenvalue weighted by Crippen LogP contribution is -2.50. The first-order valence-corrected chi connectivity index (χ1v) is 11.8. The van der Waals surface area contributed by atoms with E-state index < -0.39 is 6.04 Å². The minimum absolute atomic E-state index is 0.0151. The number of halogens is 1. The van der Waals surface area contributed by atoms with E-state index in [4.69, 9.17) is 11.6 Å². The van der Waals surface area contributed by atoms with E-state index in [-0.39, 0.29) is 17.9 Å². The first-order valence-electron chi connectivity index (χ1n) is 10.4. The highest BCUT2D eigenvalue weighted by molar-refractivity contribution is 7.99. The second-order valence-corrected chi connectivity index (χ2v) is 9.11. The van der Waals surface area contributed by atoms with Crippen LogP contribution in [0.1, 0.15) is 45.6 Å². The molecule has 2 aromatic rings.